The van der Waals surface area contributed by atoms with E-state index in [1.807, 2.05) is 6.92 Å². The van der Waals surface area contributed by atoms with Gasteiger partial charge in [-0.3, -0.25) is 0 Å². The second-order valence-corrected chi connectivity index (χ2v) is 8.41. The fraction of sp³-hybridized carbons (Fsp3) is 1.00. The van der Waals surface area contributed by atoms with E-state index in [-0.39, 0.29) is 30.0 Å². The summed E-state index contributed by atoms with van der Waals surface area (Å²) < 4.78 is 47.0. The van der Waals surface area contributed by atoms with Gasteiger partial charge in [-0.05, 0) is 6.92 Å². The molecule has 0 spiro atoms. The zero-order valence-corrected chi connectivity index (χ0v) is 12.4. The number of sulfone groups is 1. The predicted molar refractivity (Wildman–Crippen MR) is 69.8 cm³/mol. The lowest BCUT2D eigenvalue weighted by Crippen LogP contribution is -2.53. The number of rotatable bonds is 4. The topological polar surface area (TPSA) is 83.6 Å². The van der Waals surface area contributed by atoms with Crippen LogP contribution in [0.4, 0.5) is 0 Å². The van der Waals surface area contributed by atoms with Crippen molar-refractivity contribution < 1.29 is 16.8 Å². The lowest BCUT2D eigenvalue weighted by Gasteiger charge is -2.32. The Hall–Kier alpha value is 0.110. The first-order valence-corrected chi connectivity index (χ1v) is 8.77. The first-order chi connectivity index (χ1) is 7.22. The third-order valence-corrected chi connectivity index (χ3v) is 5.69. The molecule has 17 heavy (non-hydrogen) atoms. The normalized spacial score (nSPS) is 23.1. The van der Waals surface area contributed by atoms with Crippen molar-refractivity contribution in [3.63, 3.8) is 0 Å². The number of nitrogens with zero attached hydrogens (tertiary/aromatic N) is 1. The Bertz CT molecular complexity index is 434. The molecule has 1 fully saturated rings. The highest BCUT2D eigenvalue weighted by Crippen LogP contribution is 2.10. The summed E-state index contributed by atoms with van der Waals surface area (Å²) in [5, 5.41) is 3.08. The van der Waals surface area contributed by atoms with Crippen LogP contribution in [0.3, 0.4) is 0 Å². The molecule has 1 saturated heterocycles. The lowest BCUT2D eigenvalue weighted by molar-refractivity contribution is 0.284. The van der Waals surface area contributed by atoms with Crippen molar-refractivity contribution in [1.29, 1.82) is 0 Å². The van der Waals surface area contributed by atoms with E-state index in [9.17, 15) is 16.8 Å². The maximum absolute atomic E-state index is 11.9. The molecule has 0 amide bonds. The SMILES string of the molecule is CC1CNCCN1S(=O)(=O)CCS(C)(=O)=O.Cl. The highest BCUT2D eigenvalue weighted by Gasteiger charge is 2.29. The summed E-state index contributed by atoms with van der Waals surface area (Å²) in [4.78, 5) is 0. The summed E-state index contributed by atoms with van der Waals surface area (Å²) >= 11 is 0. The minimum Gasteiger partial charge on any atom is -0.314 e. The summed E-state index contributed by atoms with van der Waals surface area (Å²) in [6.07, 6.45) is 1.05. The summed E-state index contributed by atoms with van der Waals surface area (Å²) in [7, 11) is -6.69. The Labute approximate surface area is 109 Å². The van der Waals surface area contributed by atoms with Crippen LogP contribution in [0.25, 0.3) is 0 Å². The summed E-state index contributed by atoms with van der Waals surface area (Å²) in [6, 6.07) is -0.113. The number of nitrogens with one attached hydrogen (secondary N) is 1. The Balaban J connectivity index is 0.00000256. The highest BCUT2D eigenvalue weighted by molar-refractivity contribution is 7.93. The highest BCUT2D eigenvalue weighted by atomic mass is 35.5. The van der Waals surface area contributed by atoms with Crippen molar-refractivity contribution in [2.24, 2.45) is 0 Å². The fourth-order valence-electron chi connectivity index (χ4n) is 1.61. The van der Waals surface area contributed by atoms with Crippen LogP contribution in [0.5, 0.6) is 0 Å². The van der Waals surface area contributed by atoms with Gasteiger partial charge in [-0.1, -0.05) is 0 Å². The molecule has 1 heterocycles. The monoisotopic (exact) mass is 306 g/mol. The molecular formula is C8H19ClN2O4S2. The van der Waals surface area contributed by atoms with Gasteiger partial charge in [0, 0.05) is 31.9 Å². The average Bonchev–Trinajstić information content (AvgIpc) is 2.14. The summed E-state index contributed by atoms with van der Waals surface area (Å²) in [5.74, 6) is -0.637. The predicted octanol–water partition coefficient (Wildman–Crippen LogP) is -0.924. The van der Waals surface area contributed by atoms with Crippen LogP contribution in [0.1, 0.15) is 6.92 Å². The fourth-order valence-corrected chi connectivity index (χ4v) is 4.89. The first kappa shape index (κ1) is 17.1. The molecule has 0 aliphatic carbocycles. The quantitative estimate of drug-likeness (QED) is 0.726. The Morgan fingerprint density at radius 3 is 2.29 bits per heavy atom. The maximum Gasteiger partial charge on any atom is 0.215 e. The molecule has 1 unspecified atom stereocenters. The van der Waals surface area contributed by atoms with Crippen molar-refractivity contribution >= 4 is 32.3 Å². The molecule has 0 aromatic heterocycles. The molecule has 1 atom stereocenters. The van der Waals surface area contributed by atoms with Crippen molar-refractivity contribution in [1.82, 2.24) is 9.62 Å². The molecular weight excluding hydrogens is 288 g/mol. The van der Waals surface area contributed by atoms with E-state index in [4.69, 9.17) is 0 Å². The minimum absolute atomic E-state index is 0. The van der Waals surface area contributed by atoms with E-state index in [0.717, 1.165) is 6.26 Å². The Morgan fingerprint density at radius 1 is 1.24 bits per heavy atom. The summed E-state index contributed by atoms with van der Waals surface area (Å²) in [5.41, 5.74) is 0. The molecule has 6 nitrogen and oxygen atoms in total. The molecule has 9 heteroatoms. The van der Waals surface area contributed by atoms with E-state index in [2.05, 4.69) is 5.32 Å². The van der Waals surface area contributed by atoms with Gasteiger partial charge >= 0.3 is 0 Å². The van der Waals surface area contributed by atoms with Gasteiger partial charge in [0.2, 0.25) is 10.0 Å². The molecule has 0 radical (unpaired) electrons. The number of piperazine rings is 1. The van der Waals surface area contributed by atoms with E-state index in [0.29, 0.717) is 19.6 Å². The molecule has 1 aliphatic rings. The van der Waals surface area contributed by atoms with E-state index >= 15 is 0 Å². The Morgan fingerprint density at radius 2 is 1.82 bits per heavy atom. The van der Waals surface area contributed by atoms with Crippen LogP contribution in [0.15, 0.2) is 0 Å². The van der Waals surface area contributed by atoms with Gasteiger partial charge in [0.05, 0.1) is 11.5 Å². The van der Waals surface area contributed by atoms with Crippen LogP contribution in [-0.4, -0.2) is 64.6 Å². The first-order valence-electron chi connectivity index (χ1n) is 5.10. The third kappa shape index (κ3) is 5.52. The van der Waals surface area contributed by atoms with Crippen LogP contribution < -0.4 is 5.32 Å². The zero-order valence-electron chi connectivity index (χ0n) is 9.92. The number of sulfonamides is 1. The van der Waals surface area contributed by atoms with E-state index in [1.165, 1.54) is 4.31 Å². The number of halogens is 1. The molecule has 0 bridgehead atoms. The summed E-state index contributed by atoms with van der Waals surface area (Å²) in [6.45, 7) is 3.44. The van der Waals surface area contributed by atoms with E-state index < -0.39 is 19.9 Å². The lowest BCUT2D eigenvalue weighted by atomic mass is 10.3. The van der Waals surface area contributed by atoms with Gasteiger partial charge in [0.1, 0.15) is 9.84 Å². The maximum atomic E-state index is 11.9. The molecule has 0 aromatic carbocycles. The van der Waals surface area contributed by atoms with Gasteiger partial charge in [-0.25, -0.2) is 16.8 Å². The third-order valence-electron chi connectivity index (χ3n) is 2.51. The second-order valence-electron chi connectivity index (χ2n) is 4.11. The van der Waals surface area contributed by atoms with Crippen LogP contribution in [0, 0.1) is 0 Å². The van der Waals surface area contributed by atoms with Crippen LogP contribution in [-0.2, 0) is 19.9 Å². The molecule has 0 saturated carbocycles. The molecule has 0 aromatic rings. The van der Waals surface area contributed by atoms with Gasteiger partial charge < -0.3 is 5.32 Å². The molecule has 1 aliphatic heterocycles. The smallest absolute Gasteiger partial charge is 0.215 e. The van der Waals surface area contributed by atoms with Crippen LogP contribution in [0.2, 0.25) is 0 Å². The van der Waals surface area contributed by atoms with Crippen molar-refractivity contribution in [3.8, 4) is 0 Å². The van der Waals surface area contributed by atoms with E-state index in [1.54, 1.807) is 0 Å². The second kappa shape index (κ2) is 6.33. The number of hydrogen-bond donors (Lipinski definition) is 1. The number of hydrogen-bond acceptors (Lipinski definition) is 5. The minimum atomic E-state index is -3.45. The molecule has 1 rings (SSSR count). The van der Waals surface area contributed by atoms with Gasteiger partial charge in [-0.2, -0.15) is 4.31 Å². The standard InChI is InChI=1S/C8H18N2O4S2.ClH/c1-8-7-9-3-4-10(8)16(13,14)6-5-15(2,11)12;/h8-9H,3-7H2,1-2H3;1H. The largest absolute Gasteiger partial charge is 0.314 e. The van der Waals surface area contributed by atoms with Gasteiger partial charge in [0.25, 0.3) is 0 Å². The van der Waals surface area contributed by atoms with Crippen molar-refractivity contribution in [2.45, 2.75) is 13.0 Å². The Kier molecular flexibility index (Phi) is 6.37. The van der Waals surface area contributed by atoms with Crippen LogP contribution >= 0.6 is 12.4 Å². The molecule has 1 N–H and O–H groups in total. The average molecular weight is 307 g/mol. The van der Waals surface area contributed by atoms with Gasteiger partial charge in [0.15, 0.2) is 0 Å². The van der Waals surface area contributed by atoms with Gasteiger partial charge in [-0.15, -0.1) is 12.4 Å². The molecule has 104 valence electrons. The van der Waals surface area contributed by atoms with Crippen molar-refractivity contribution in [2.75, 3.05) is 37.4 Å². The van der Waals surface area contributed by atoms with Crippen molar-refractivity contribution in [3.05, 3.63) is 0 Å². The zero-order chi connectivity index (χ0) is 12.4.